The number of benzene rings is 2. The first-order chi connectivity index (χ1) is 12.1. The molecule has 3 rings (SSSR count). The molecular weight excluding hydrogens is 340 g/mol. The molecule has 0 radical (unpaired) electrons. The predicted molar refractivity (Wildman–Crippen MR) is 95.7 cm³/mol. The Morgan fingerprint density at radius 2 is 2.04 bits per heavy atom. The second-order valence-corrected chi connectivity index (χ2v) is 6.34. The van der Waals surface area contributed by atoms with E-state index in [0.717, 1.165) is 5.56 Å². The standard InChI is InChI=1S/C19H19ClN2O3/c1-25-17-8-7-14(20)11-15(17)18(23)21-16-9-10-22(19(16)24)12-13-5-3-2-4-6-13/h2-8,11,16H,9-10,12H2,1H3,(H,21,23). The molecule has 25 heavy (non-hydrogen) atoms. The van der Waals surface area contributed by atoms with Crippen molar-refractivity contribution in [2.45, 2.75) is 19.0 Å². The lowest BCUT2D eigenvalue weighted by atomic mass is 10.1. The van der Waals surface area contributed by atoms with Crippen LogP contribution in [0.4, 0.5) is 0 Å². The van der Waals surface area contributed by atoms with Crippen LogP contribution in [0.5, 0.6) is 5.75 Å². The topological polar surface area (TPSA) is 58.6 Å². The van der Waals surface area contributed by atoms with Crippen LogP contribution in [0.25, 0.3) is 0 Å². The van der Waals surface area contributed by atoms with Gasteiger partial charge in [0.25, 0.3) is 5.91 Å². The van der Waals surface area contributed by atoms with Crippen molar-refractivity contribution in [3.8, 4) is 5.75 Å². The van der Waals surface area contributed by atoms with Crippen LogP contribution < -0.4 is 10.1 Å². The SMILES string of the molecule is COc1ccc(Cl)cc1C(=O)NC1CCN(Cc2ccccc2)C1=O. The van der Waals surface area contributed by atoms with Crippen molar-refractivity contribution in [2.75, 3.05) is 13.7 Å². The summed E-state index contributed by atoms with van der Waals surface area (Å²) in [5.74, 6) is -0.00838. The van der Waals surface area contributed by atoms with Gasteiger partial charge in [-0.15, -0.1) is 0 Å². The Balaban J connectivity index is 1.67. The minimum atomic E-state index is -0.528. The first kappa shape index (κ1) is 17.3. The molecule has 1 aliphatic rings. The van der Waals surface area contributed by atoms with Gasteiger partial charge >= 0.3 is 0 Å². The summed E-state index contributed by atoms with van der Waals surface area (Å²) in [5.41, 5.74) is 1.39. The summed E-state index contributed by atoms with van der Waals surface area (Å²) in [6.45, 7) is 1.16. The number of rotatable bonds is 5. The summed E-state index contributed by atoms with van der Waals surface area (Å²) in [5, 5.41) is 3.23. The lowest BCUT2D eigenvalue weighted by Gasteiger charge is -2.17. The molecule has 1 fully saturated rings. The summed E-state index contributed by atoms with van der Waals surface area (Å²) < 4.78 is 5.20. The molecule has 1 heterocycles. The fourth-order valence-corrected chi connectivity index (χ4v) is 3.10. The second kappa shape index (κ2) is 7.57. The minimum Gasteiger partial charge on any atom is -0.496 e. The number of nitrogens with one attached hydrogen (secondary N) is 1. The largest absolute Gasteiger partial charge is 0.496 e. The number of carbonyl (C=O) groups is 2. The van der Waals surface area contributed by atoms with Gasteiger partial charge in [0, 0.05) is 18.1 Å². The molecule has 1 saturated heterocycles. The van der Waals surface area contributed by atoms with Gasteiger partial charge in [0.1, 0.15) is 11.8 Å². The number of likely N-dealkylation sites (tertiary alicyclic amines) is 1. The van der Waals surface area contributed by atoms with Crippen molar-refractivity contribution in [1.29, 1.82) is 0 Å². The van der Waals surface area contributed by atoms with E-state index in [1.165, 1.54) is 13.2 Å². The zero-order chi connectivity index (χ0) is 17.8. The highest BCUT2D eigenvalue weighted by Crippen LogP contribution is 2.23. The average Bonchev–Trinajstić information content (AvgIpc) is 2.96. The number of amides is 2. The van der Waals surface area contributed by atoms with Crippen LogP contribution in [-0.2, 0) is 11.3 Å². The molecule has 1 unspecified atom stereocenters. The van der Waals surface area contributed by atoms with E-state index >= 15 is 0 Å². The molecule has 1 aliphatic heterocycles. The summed E-state index contributed by atoms with van der Waals surface area (Å²) in [7, 11) is 1.49. The Bertz CT molecular complexity index is 779. The van der Waals surface area contributed by atoms with Gasteiger partial charge in [0.15, 0.2) is 0 Å². The van der Waals surface area contributed by atoms with Crippen LogP contribution >= 0.6 is 11.6 Å². The van der Waals surface area contributed by atoms with E-state index in [0.29, 0.717) is 35.8 Å². The molecule has 0 saturated carbocycles. The van der Waals surface area contributed by atoms with Crippen LogP contribution in [0.15, 0.2) is 48.5 Å². The van der Waals surface area contributed by atoms with E-state index in [1.54, 1.807) is 17.0 Å². The Morgan fingerprint density at radius 3 is 2.76 bits per heavy atom. The molecule has 2 aromatic rings. The van der Waals surface area contributed by atoms with Crippen molar-refractivity contribution in [2.24, 2.45) is 0 Å². The van der Waals surface area contributed by atoms with Crippen LogP contribution in [0.1, 0.15) is 22.3 Å². The van der Waals surface area contributed by atoms with E-state index in [4.69, 9.17) is 16.3 Å². The van der Waals surface area contributed by atoms with Crippen LogP contribution in [0.3, 0.4) is 0 Å². The number of hydrogen-bond donors (Lipinski definition) is 1. The van der Waals surface area contributed by atoms with E-state index in [9.17, 15) is 9.59 Å². The zero-order valence-electron chi connectivity index (χ0n) is 13.9. The predicted octanol–water partition coefficient (Wildman–Crippen LogP) is 2.88. The van der Waals surface area contributed by atoms with Crippen molar-refractivity contribution >= 4 is 23.4 Å². The molecule has 0 aliphatic carbocycles. The van der Waals surface area contributed by atoms with E-state index < -0.39 is 6.04 Å². The lowest BCUT2D eigenvalue weighted by molar-refractivity contribution is -0.129. The summed E-state index contributed by atoms with van der Waals surface area (Å²) in [4.78, 5) is 26.8. The number of hydrogen-bond acceptors (Lipinski definition) is 3. The smallest absolute Gasteiger partial charge is 0.255 e. The molecule has 2 aromatic carbocycles. The summed E-state index contributed by atoms with van der Waals surface area (Å²) in [6.07, 6.45) is 0.584. The van der Waals surface area contributed by atoms with Crippen molar-refractivity contribution in [3.05, 3.63) is 64.7 Å². The molecule has 0 aromatic heterocycles. The van der Waals surface area contributed by atoms with Gasteiger partial charge in [-0.1, -0.05) is 41.9 Å². The van der Waals surface area contributed by atoms with Gasteiger partial charge in [-0.3, -0.25) is 9.59 Å². The Kier molecular flexibility index (Phi) is 5.24. The molecule has 130 valence electrons. The van der Waals surface area contributed by atoms with Crippen LogP contribution in [-0.4, -0.2) is 36.4 Å². The molecule has 1 N–H and O–H groups in total. The summed E-state index contributed by atoms with van der Waals surface area (Å²) >= 11 is 5.97. The number of nitrogens with zero attached hydrogens (tertiary/aromatic N) is 1. The van der Waals surface area contributed by atoms with Gasteiger partial charge in [-0.2, -0.15) is 0 Å². The molecule has 5 nitrogen and oxygen atoms in total. The van der Waals surface area contributed by atoms with Gasteiger partial charge in [0.05, 0.1) is 12.7 Å². The monoisotopic (exact) mass is 358 g/mol. The number of carbonyl (C=O) groups excluding carboxylic acids is 2. The average molecular weight is 359 g/mol. The fraction of sp³-hybridized carbons (Fsp3) is 0.263. The second-order valence-electron chi connectivity index (χ2n) is 5.90. The fourth-order valence-electron chi connectivity index (χ4n) is 2.93. The quantitative estimate of drug-likeness (QED) is 0.894. The molecular formula is C19H19ClN2O3. The van der Waals surface area contributed by atoms with E-state index in [1.807, 2.05) is 30.3 Å². The first-order valence-corrected chi connectivity index (χ1v) is 8.43. The maximum atomic E-state index is 12.6. The van der Waals surface area contributed by atoms with Crippen LogP contribution in [0, 0.1) is 0 Å². The van der Waals surface area contributed by atoms with Gasteiger partial charge in [-0.05, 0) is 30.2 Å². The maximum Gasteiger partial charge on any atom is 0.255 e. The Labute approximate surface area is 151 Å². The highest BCUT2D eigenvalue weighted by molar-refractivity contribution is 6.31. The highest BCUT2D eigenvalue weighted by Gasteiger charge is 2.33. The van der Waals surface area contributed by atoms with Crippen molar-refractivity contribution in [3.63, 3.8) is 0 Å². The molecule has 0 bridgehead atoms. The highest BCUT2D eigenvalue weighted by atomic mass is 35.5. The van der Waals surface area contributed by atoms with E-state index in [-0.39, 0.29) is 11.8 Å². The molecule has 0 spiro atoms. The minimum absolute atomic E-state index is 0.0711. The third-order valence-corrected chi connectivity index (χ3v) is 4.46. The van der Waals surface area contributed by atoms with Crippen LogP contribution in [0.2, 0.25) is 5.02 Å². The van der Waals surface area contributed by atoms with Crippen molar-refractivity contribution < 1.29 is 14.3 Å². The molecule has 1 atom stereocenters. The first-order valence-electron chi connectivity index (χ1n) is 8.05. The molecule has 6 heteroatoms. The lowest BCUT2D eigenvalue weighted by Crippen LogP contribution is -2.41. The molecule has 2 amide bonds. The zero-order valence-corrected chi connectivity index (χ0v) is 14.6. The number of halogens is 1. The maximum absolute atomic E-state index is 12.6. The summed E-state index contributed by atoms with van der Waals surface area (Å²) in [6, 6.07) is 14.1. The van der Waals surface area contributed by atoms with Crippen molar-refractivity contribution in [1.82, 2.24) is 10.2 Å². The van der Waals surface area contributed by atoms with Gasteiger partial charge in [-0.25, -0.2) is 0 Å². The number of ether oxygens (including phenoxy) is 1. The third kappa shape index (κ3) is 3.94. The Hall–Kier alpha value is -2.53. The van der Waals surface area contributed by atoms with Gasteiger partial charge in [0.2, 0.25) is 5.91 Å². The Morgan fingerprint density at radius 1 is 1.28 bits per heavy atom. The van der Waals surface area contributed by atoms with E-state index in [2.05, 4.69) is 5.32 Å². The number of methoxy groups -OCH3 is 1. The normalized spacial score (nSPS) is 16.8. The van der Waals surface area contributed by atoms with Gasteiger partial charge < -0.3 is 15.0 Å². The third-order valence-electron chi connectivity index (χ3n) is 4.23.